The summed E-state index contributed by atoms with van der Waals surface area (Å²) in [5, 5.41) is 0. The molecule has 2 rings (SSSR count). The van der Waals surface area contributed by atoms with Crippen molar-refractivity contribution in [2.24, 2.45) is 0 Å². The van der Waals surface area contributed by atoms with Gasteiger partial charge in [-0.3, -0.25) is 4.79 Å². The van der Waals surface area contributed by atoms with Crippen molar-refractivity contribution in [1.29, 1.82) is 0 Å². The summed E-state index contributed by atoms with van der Waals surface area (Å²) >= 11 is 0. The van der Waals surface area contributed by atoms with Crippen molar-refractivity contribution in [2.75, 3.05) is 0 Å². The number of rotatable bonds is 4. The number of carbonyl (C=O) groups is 1. The van der Waals surface area contributed by atoms with Crippen LogP contribution in [0.25, 0.3) is 0 Å². The lowest BCUT2D eigenvalue weighted by atomic mass is 9.99. The molecule has 0 bridgehead atoms. The molecule has 0 heterocycles. The maximum absolute atomic E-state index is 11.2. The first-order valence-electron chi connectivity index (χ1n) is 6.31. The molecule has 0 aromatic heterocycles. The van der Waals surface area contributed by atoms with Crippen molar-refractivity contribution in [3.8, 4) is 0 Å². The Bertz CT molecular complexity index is 538. The summed E-state index contributed by atoms with van der Waals surface area (Å²) in [6, 6.07) is 16.4. The average molecular weight is 238 g/mol. The van der Waals surface area contributed by atoms with Crippen LogP contribution in [0.3, 0.4) is 0 Å². The Labute approximate surface area is 108 Å². The van der Waals surface area contributed by atoms with E-state index in [-0.39, 0.29) is 5.78 Å². The van der Waals surface area contributed by atoms with Gasteiger partial charge in [-0.2, -0.15) is 0 Å². The fourth-order valence-corrected chi connectivity index (χ4v) is 2.08. The van der Waals surface area contributed by atoms with Gasteiger partial charge in [-0.25, -0.2) is 0 Å². The lowest BCUT2D eigenvalue weighted by molar-refractivity contribution is 0.101. The standard InChI is InChI=1S/C17H18O/c1-13-5-3-4-6-16(13)10-7-15-8-11-17(12-9-15)14(2)18/h3-6,8-9,11-12H,7,10H2,1-2H3. The number of carbonyl (C=O) groups excluding carboxylic acids is 1. The molecule has 92 valence electrons. The molecule has 0 unspecified atom stereocenters. The first-order chi connectivity index (χ1) is 8.66. The molecule has 0 aliphatic carbocycles. The molecule has 2 aromatic carbocycles. The minimum atomic E-state index is 0.125. The van der Waals surface area contributed by atoms with Gasteiger partial charge in [0, 0.05) is 5.56 Å². The Balaban J connectivity index is 2.02. The minimum absolute atomic E-state index is 0.125. The molecule has 1 nitrogen and oxygen atoms in total. The van der Waals surface area contributed by atoms with Gasteiger partial charge in [0.1, 0.15) is 0 Å². The topological polar surface area (TPSA) is 17.1 Å². The molecule has 0 aliphatic rings. The summed E-state index contributed by atoms with van der Waals surface area (Å²) in [6.45, 7) is 3.75. The maximum Gasteiger partial charge on any atom is 0.159 e. The average Bonchev–Trinajstić information content (AvgIpc) is 2.38. The van der Waals surface area contributed by atoms with E-state index in [0.29, 0.717) is 0 Å². The first kappa shape index (κ1) is 12.6. The third kappa shape index (κ3) is 3.07. The summed E-state index contributed by atoms with van der Waals surface area (Å²) in [7, 11) is 0. The number of hydrogen-bond donors (Lipinski definition) is 0. The number of hydrogen-bond acceptors (Lipinski definition) is 1. The van der Waals surface area contributed by atoms with E-state index in [1.54, 1.807) is 6.92 Å². The van der Waals surface area contributed by atoms with Crippen LogP contribution in [0.5, 0.6) is 0 Å². The second-order valence-corrected chi connectivity index (χ2v) is 4.68. The molecule has 0 saturated carbocycles. The van der Waals surface area contributed by atoms with E-state index in [1.807, 2.05) is 12.1 Å². The molecule has 0 amide bonds. The lowest BCUT2D eigenvalue weighted by Crippen LogP contribution is -1.96. The van der Waals surface area contributed by atoms with Crippen molar-refractivity contribution in [2.45, 2.75) is 26.7 Å². The molecule has 0 saturated heterocycles. The smallest absolute Gasteiger partial charge is 0.159 e. The number of Topliss-reactive ketones (excluding diaryl/α,β-unsaturated/α-hetero) is 1. The van der Waals surface area contributed by atoms with Crippen LogP contribution < -0.4 is 0 Å². The van der Waals surface area contributed by atoms with Crippen LogP contribution in [0.15, 0.2) is 48.5 Å². The largest absolute Gasteiger partial charge is 0.295 e. The summed E-state index contributed by atoms with van der Waals surface area (Å²) in [5.41, 5.74) is 4.81. The normalized spacial score (nSPS) is 10.3. The summed E-state index contributed by atoms with van der Waals surface area (Å²) < 4.78 is 0. The monoisotopic (exact) mass is 238 g/mol. The Kier molecular flexibility index (Phi) is 3.93. The second-order valence-electron chi connectivity index (χ2n) is 4.68. The van der Waals surface area contributed by atoms with Crippen LogP contribution >= 0.6 is 0 Å². The third-order valence-electron chi connectivity index (χ3n) is 3.30. The van der Waals surface area contributed by atoms with Crippen molar-refractivity contribution < 1.29 is 4.79 Å². The van der Waals surface area contributed by atoms with Gasteiger partial charge >= 0.3 is 0 Å². The quantitative estimate of drug-likeness (QED) is 0.736. The molecule has 0 atom stereocenters. The number of aryl methyl sites for hydroxylation is 3. The van der Waals surface area contributed by atoms with E-state index in [4.69, 9.17) is 0 Å². The zero-order valence-corrected chi connectivity index (χ0v) is 10.9. The summed E-state index contributed by atoms with van der Waals surface area (Å²) in [5.74, 6) is 0.125. The first-order valence-corrected chi connectivity index (χ1v) is 6.31. The number of benzene rings is 2. The Morgan fingerprint density at radius 2 is 1.61 bits per heavy atom. The molecule has 0 fully saturated rings. The Hall–Kier alpha value is -1.89. The highest BCUT2D eigenvalue weighted by atomic mass is 16.1. The van der Waals surface area contributed by atoms with Crippen LogP contribution in [0.1, 0.15) is 34.0 Å². The zero-order valence-electron chi connectivity index (χ0n) is 10.9. The highest BCUT2D eigenvalue weighted by Gasteiger charge is 2.01. The maximum atomic E-state index is 11.2. The van der Waals surface area contributed by atoms with Crippen molar-refractivity contribution >= 4 is 5.78 Å². The third-order valence-corrected chi connectivity index (χ3v) is 3.30. The SMILES string of the molecule is CC(=O)c1ccc(CCc2ccccc2C)cc1. The molecule has 1 heteroatoms. The predicted molar refractivity (Wildman–Crippen MR) is 75.0 cm³/mol. The molecule has 2 aromatic rings. The van der Waals surface area contributed by atoms with Gasteiger partial charge in [0.15, 0.2) is 5.78 Å². The van der Waals surface area contributed by atoms with E-state index in [1.165, 1.54) is 16.7 Å². The van der Waals surface area contributed by atoms with Crippen LogP contribution in [-0.4, -0.2) is 5.78 Å². The van der Waals surface area contributed by atoms with Gasteiger partial charge < -0.3 is 0 Å². The second kappa shape index (κ2) is 5.63. The molecule has 0 N–H and O–H groups in total. The van der Waals surface area contributed by atoms with Gasteiger partial charge in [0.2, 0.25) is 0 Å². The van der Waals surface area contributed by atoms with Crippen molar-refractivity contribution in [3.05, 3.63) is 70.8 Å². The summed E-state index contributed by atoms with van der Waals surface area (Å²) in [4.78, 5) is 11.2. The van der Waals surface area contributed by atoms with E-state index in [2.05, 4.69) is 43.3 Å². The zero-order chi connectivity index (χ0) is 13.0. The van der Waals surface area contributed by atoms with Crippen molar-refractivity contribution in [1.82, 2.24) is 0 Å². The van der Waals surface area contributed by atoms with E-state index in [9.17, 15) is 4.79 Å². The Morgan fingerprint density at radius 3 is 2.22 bits per heavy atom. The van der Waals surface area contributed by atoms with Gasteiger partial charge in [-0.15, -0.1) is 0 Å². The highest BCUT2D eigenvalue weighted by molar-refractivity contribution is 5.93. The molecular formula is C17H18O. The Morgan fingerprint density at radius 1 is 0.944 bits per heavy atom. The molecule has 0 spiro atoms. The van der Waals surface area contributed by atoms with Gasteiger partial charge in [-0.05, 0) is 43.4 Å². The van der Waals surface area contributed by atoms with Crippen molar-refractivity contribution in [3.63, 3.8) is 0 Å². The number of ketones is 1. The summed E-state index contributed by atoms with van der Waals surface area (Å²) in [6.07, 6.45) is 2.06. The molecule has 0 aliphatic heterocycles. The van der Waals surface area contributed by atoms with Gasteiger partial charge in [0.25, 0.3) is 0 Å². The minimum Gasteiger partial charge on any atom is -0.295 e. The van der Waals surface area contributed by atoms with Gasteiger partial charge in [-0.1, -0.05) is 48.5 Å². The van der Waals surface area contributed by atoms with Crippen LogP contribution in [0.4, 0.5) is 0 Å². The van der Waals surface area contributed by atoms with E-state index >= 15 is 0 Å². The van der Waals surface area contributed by atoms with E-state index < -0.39 is 0 Å². The van der Waals surface area contributed by atoms with Crippen LogP contribution in [-0.2, 0) is 12.8 Å². The predicted octanol–water partition coefficient (Wildman–Crippen LogP) is 3.98. The van der Waals surface area contributed by atoms with Gasteiger partial charge in [0.05, 0.1) is 0 Å². The van der Waals surface area contributed by atoms with E-state index in [0.717, 1.165) is 18.4 Å². The highest BCUT2D eigenvalue weighted by Crippen LogP contribution is 2.12. The molecular weight excluding hydrogens is 220 g/mol. The van der Waals surface area contributed by atoms with Crippen LogP contribution in [0, 0.1) is 6.92 Å². The molecule has 0 radical (unpaired) electrons. The van der Waals surface area contributed by atoms with Crippen LogP contribution in [0.2, 0.25) is 0 Å². The fourth-order valence-electron chi connectivity index (χ4n) is 2.08. The lowest BCUT2D eigenvalue weighted by Gasteiger charge is -2.06. The fraction of sp³-hybridized carbons (Fsp3) is 0.235. The molecule has 18 heavy (non-hydrogen) atoms.